The lowest BCUT2D eigenvalue weighted by atomic mass is 9.79. The van der Waals surface area contributed by atoms with Crippen LogP contribution < -0.4 is 0 Å². The van der Waals surface area contributed by atoms with Gasteiger partial charge in [-0.1, -0.05) is 49.3 Å². The Labute approximate surface area is 119 Å². The van der Waals surface area contributed by atoms with Crippen molar-refractivity contribution in [1.82, 2.24) is 0 Å². The van der Waals surface area contributed by atoms with Crippen LogP contribution in [0.15, 0.2) is 35.4 Å². The van der Waals surface area contributed by atoms with Crippen molar-refractivity contribution in [1.29, 1.82) is 0 Å². The fraction of sp³-hybridized carbons (Fsp3) is 0.500. The molecular formula is C14H18BN3O2. The quantitative estimate of drug-likeness (QED) is 0.277. The number of azide groups is 1. The van der Waals surface area contributed by atoms with Gasteiger partial charge in [-0.3, -0.25) is 4.79 Å². The number of nitrogens with zero attached hydrogens (tertiary/aromatic N) is 3. The number of ketones is 1. The lowest BCUT2D eigenvalue weighted by Crippen LogP contribution is -2.35. The molecule has 0 amide bonds. The highest BCUT2D eigenvalue weighted by molar-refractivity contribution is 6.11. The van der Waals surface area contributed by atoms with Crippen LogP contribution in [0.4, 0.5) is 0 Å². The van der Waals surface area contributed by atoms with E-state index in [1.807, 2.05) is 33.0 Å². The molecule has 1 aliphatic rings. The standard InChI is InChI=1S/C14H18BN3O2/c1-9-10(2)14(17-18-16,20-13(9)15)8-12(19)11-6-4-3-5-7-11/h3-7,9-10,13H,8,15H2,1-2H3. The average molecular weight is 271 g/mol. The zero-order valence-corrected chi connectivity index (χ0v) is 12.0. The normalized spacial score (nSPS) is 32.6. The van der Waals surface area contributed by atoms with E-state index in [-0.39, 0.29) is 30.0 Å². The molecule has 0 saturated carbocycles. The molecule has 1 heterocycles. The van der Waals surface area contributed by atoms with Gasteiger partial charge in [-0.15, -0.1) is 0 Å². The molecule has 1 aromatic carbocycles. The van der Waals surface area contributed by atoms with Crippen molar-refractivity contribution in [3.05, 3.63) is 46.3 Å². The van der Waals surface area contributed by atoms with Crippen LogP contribution in [0.2, 0.25) is 0 Å². The molecule has 1 saturated heterocycles. The first-order valence-electron chi connectivity index (χ1n) is 6.82. The van der Waals surface area contributed by atoms with Gasteiger partial charge in [-0.05, 0) is 17.4 Å². The zero-order valence-electron chi connectivity index (χ0n) is 12.0. The Kier molecular flexibility index (Phi) is 4.16. The van der Waals surface area contributed by atoms with Gasteiger partial charge in [-0.25, -0.2) is 0 Å². The minimum Gasteiger partial charge on any atom is -0.374 e. The van der Waals surface area contributed by atoms with Gasteiger partial charge in [0.1, 0.15) is 7.85 Å². The van der Waals surface area contributed by atoms with Gasteiger partial charge in [0.25, 0.3) is 0 Å². The highest BCUT2D eigenvalue weighted by atomic mass is 16.5. The van der Waals surface area contributed by atoms with E-state index in [0.717, 1.165) is 0 Å². The van der Waals surface area contributed by atoms with Crippen molar-refractivity contribution in [2.75, 3.05) is 0 Å². The topological polar surface area (TPSA) is 75.1 Å². The summed E-state index contributed by atoms with van der Waals surface area (Å²) in [4.78, 5) is 15.3. The number of hydrogen-bond donors (Lipinski definition) is 0. The first-order chi connectivity index (χ1) is 9.50. The fourth-order valence-electron chi connectivity index (χ4n) is 2.74. The second-order valence-electron chi connectivity index (χ2n) is 5.47. The Morgan fingerprint density at radius 3 is 2.60 bits per heavy atom. The Bertz CT molecular complexity index is 545. The number of hydrogen-bond acceptors (Lipinski definition) is 3. The molecule has 6 heteroatoms. The third-order valence-electron chi connectivity index (χ3n) is 4.35. The molecule has 4 atom stereocenters. The third kappa shape index (κ3) is 2.57. The first-order valence-corrected chi connectivity index (χ1v) is 6.82. The summed E-state index contributed by atoms with van der Waals surface area (Å²) in [5, 5.41) is 3.84. The van der Waals surface area contributed by atoms with Gasteiger partial charge in [0.15, 0.2) is 11.5 Å². The number of rotatable bonds is 4. The maximum atomic E-state index is 12.4. The van der Waals surface area contributed by atoms with E-state index in [2.05, 4.69) is 16.9 Å². The van der Waals surface area contributed by atoms with Gasteiger partial charge in [0, 0.05) is 22.9 Å². The molecule has 104 valence electrons. The van der Waals surface area contributed by atoms with Gasteiger partial charge in [-0.2, -0.15) is 0 Å². The summed E-state index contributed by atoms with van der Waals surface area (Å²) in [6.45, 7) is 4.03. The second-order valence-corrected chi connectivity index (χ2v) is 5.47. The van der Waals surface area contributed by atoms with Crippen molar-refractivity contribution in [3.63, 3.8) is 0 Å². The van der Waals surface area contributed by atoms with Crippen LogP contribution in [0, 0.1) is 11.8 Å². The fourth-order valence-corrected chi connectivity index (χ4v) is 2.74. The maximum Gasteiger partial charge on any atom is 0.165 e. The number of benzene rings is 1. The molecule has 20 heavy (non-hydrogen) atoms. The highest BCUT2D eigenvalue weighted by Crippen LogP contribution is 2.43. The van der Waals surface area contributed by atoms with E-state index >= 15 is 0 Å². The Morgan fingerprint density at radius 1 is 1.45 bits per heavy atom. The van der Waals surface area contributed by atoms with Crippen LogP contribution in [-0.2, 0) is 4.74 Å². The van der Waals surface area contributed by atoms with E-state index in [4.69, 9.17) is 10.3 Å². The van der Waals surface area contributed by atoms with Crippen LogP contribution in [0.1, 0.15) is 30.6 Å². The van der Waals surface area contributed by atoms with Crippen molar-refractivity contribution < 1.29 is 9.53 Å². The van der Waals surface area contributed by atoms with E-state index in [1.54, 1.807) is 12.1 Å². The summed E-state index contributed by atoms with van der Waals surface area (Å²) in [5.74, 6) is 0.177. The van der Waals surface area contributed by atoms with Crippen LogP contribution in [-0.4, -0.2) is 25.4 Å². The van der Waals surface area contributed by atoms with Crippen LogP contribution >= 0.6 is 0 Å². The summed E-state index contributed by atoms with van der Waals surface area (Å²) in [6, 6.07) is 8.99. The van der Waals surface area contributed by atoms with E-state index in [0.29, 0.717) is 5.56 Å². The molecule has 4 unspecified atom stereocenters. The smallest absolute Gasteiger partial charge is 0.165 e. The van der Waals surface area contributed by atoms with Crippen LogP contribution in [0.5, 0.6) is 0 Å². The lowest BCUT2D eigenvalue weighted by Gasteiger charge is -2.27. The van der Waals surface area contributed by atoms with E-state index in [1.165, 1.54) is 0 Å². The molecule has 0 spiro atoms. The SMILES string of the molecule is BC1OC(CC(=O)c2ccccc2)(N=[N+]=[N-])C(C)C1C. The largest absolute Gasteiger partial charge is 0.374 e. The number of ether oxygens (including phenoxy) is 1. The maximum absolute atomic E-state index is 12.4. The Balaban J connectivity index is 2.27. The molecule has 1 fully saturated rings. The predicted molar refractivity (Wildman–Crippen MR) is 79.0 cm³/mol. The molecule has 5 nitrogen and oxygen atoms in total. The molecule has 0 aliphatic carbocycles. The number of carbonyl (C=O) groups is 1. The summed E-state index contributed by atoms with van der Waals surface area (Å²) >= 11 is 0. The molecule has 1 aliphatic heterocycles. The second kappa shape index (κ2) is 5.69. The number of carbonyl (C=O) groups excluding carboxylic acids is 1. The minimum atomic E-state index is -1.07. The van der Waals surface area contributed by atoms with Crippen LogP contribution in [0.3, 0.4) is 0 Å². The van der Waals surface area contributed by atoms with E-state index in [9.17, 15) is 4.79 Å². The highest BCUT2D eigenvalue weighted by Gasteiger charge is 2.49. The lowest BCUT2D eigenvalue weighted by molar-refractivity contribution is -0.0270. The van der Waals surface area contributed by atoms with Crippen LogP contribution in [0.25, 0.3) is 10.4 Å². The summed E-state index contributed by atoms with van der Waals surface area (Å²) in [5.41, 5.74) is 8.38. The van der Waals surface area contributed by atoms with Gasteiger partial charge < -0.3 is 4.74 Å². The first kappa shape index (κ1) is 14.6. The molecule has 0 aromatic heterocycles. The third-order valence-corrected chi connectivity index (χ3v) is 4.35. The van der Waals surface area contributed by atoms with E-state index < -0.39 is 5.72 Å². The van der Waals surface area contributed by atoms with Gasteiger partial charge >= 0.3 is 0 Å². The zero-order chi connectivity index (χ0) is 14.8. The monoisotopic (exact) mass is 271 g/mol. The average Bonchev–Trinajstić information content (AvgIpc) is 2.65. The van der Waals surface area contributed by atoms with Crippen molar-refractivity contribution in [3.8, 4) is 0 Å². The van der Waals surface area contributed by atoms with Crippen molar-refractivity contribution in [2.45, 2.75) is 32.0 Å². The number of Topliss-reactive ketones (excluding diaryl/α,β-unsaturated/α-hetero) is 1. The molecule has 0 N–H and O–H groups in total. The molecule has 0 bridgehead atoms. The minimum absolute atomic E-state index is 0.000984. The van der Waals surface area contributed by atoms with Crippen molar-refractivity contribution >= 4 is 13.6 Å². The van der Waals surface area contributed by atoms with Gasteiger partial charge in [0.05, 0.1) is 0 Å². The molecular weight excluding hydrogens is 253 g/mol. The van der Waals surface area contributed by atoms with Gasteiger partial charge in [0.2, 0.25) is 0 Å². The Morgan fingerprint density at radius 2 is 2.10 bits per heavy atom. The summed E-state index contributed by atoms with van der Waals surface area (Å²) in [7, 11) is 1.95. The Hall–Kier alpha value is -1.78. The summed E-state index contributed by atoms with van der Waals surface area (Å²) in [6.07, 6.45) is 0.0803. The molecule has 0 radical (unpaired) electrons. The van der Waals surface area contributed by atoms with Crippen molar-refractivity contribution in [2.24, 2.45) is 17.0 Å². The predicted octanol–water partition coefficient (Wildman–Crippen LogP) is 2.53. The molecule has 2 rings (SSSR count). The molecule has 1 aromatic rings. The summed E-state index contributed by atoms with van der Waals surface area (Å²) < 4.78 is 5.86.